The van der Waals surface area contributed by atoms with Crippen molar-refractivity contribution in [2.45, 2.75) is 65.2 Å². The van der Waals surface area contributed by atoms with Crippen LogP contribution in [0.15, 0.2) is 12.4 Å². The van der Waals surface area contributed by atoms with Gasteiger partial charge in [0.1, 0.15) is 0 Å². The van der Waals surface area contributed by atoms with Crippen molar-refractivity contribution in [1.82, 2.24) is 4.98 Å². The van der Waals surface area contributed by atoms with Gasteiger partial charge in [0.2, 0.25) is 0 Å². The maximum absolute atomic E-state index is 3.24. The Balaban J connectivity index is 2.21. The molecule has 0 spiro atoms. The van der Waals surface area contributed by atoms with E-state index < -0.39 is 0 Å². The summed E-state index contributed by atoms with van der Waals surface area (Å²) >= 11 is 0. The first-order valence-electron chi connectivity index (χ1n) is 6.53. The Morgan fingerprint density at radius 3 is 2.13 bits per heavy atom. The summed E-state index contributed by atoms with van der Waals surface area (Å²) in [5, 5.41) is 0. The van der Waals surface area contributed by atoms with Crippen molar-refractivity contribution in [3.05, 3.63) is 23.5 Å². The summed E-state index contributed by atoms with van der Waals surface area (Å²) in [5.41, 5.74) is 3.08. The van der Waals surface area contributed by atoms with Gasteiger partial charge in [0.05, 0.1) is 0 Å². The predicted octanol–water partition coefficient (Wildman–Crippen LogP) is 4.48. The number of hydrogen-bond acceptors (Lipinski definition) is 0. The zero-order valence-electron chi connectivity index (χ0n) is 10.3. The van der Waals surface area contributed by atoms with Crippen molar-refractivity contribution in [2.24, 2.45) is 0 Å². The third-order valence-electron chi connectivity index (χ3n) is 3.00. The topological polar surface area (TPSA) is 15.8 Å². The van der Waals surface area contributed by atoms with E-state index in [4.69, 9.17) is 0 Å². The highest BCUT2D eigenvalue weighted by Gasteiger charge is 2.01. The van der Waals surface area contributed by atoms with Gasteiger partial charge in [-0.3, -0.25) is 0 Å². The molecule has 0 radical (unpaired) electrons. The number of aromatic amines is 1. The van der Waals surface area contributed by atoms with Crippen LogP contribution >= 0.6 is 0 Å². The molecule has 1 heteroatoms. The van der Waals surface area contributed by atoms with E-state index in [0.717, 1.165) is 0 Å². The quantitative estimate of drug-likeness (QED) is 0.605. The molecule has 0 saturated heterocycles. The second kappa shape index (κ2) is 7.56. The summed E-state index contributed by atoms with van der Waals surface area (Å²) < 4.78 is 0. The van der Waals surface area contributed by atoms with E-state index in [0.29, 0.717) is 0 Å². The molecule has 0 amide bonds. The van der Waals surface area contributed by atoms with Gasteiger partial charge >= 0.3 is 0 Å². The summed E-state index contributed by atoms with van der Waals surface area (Å²) in [7, 11) is 0. The van der Waals surface area contributed by atoms with Gasteiger partial charge in [-0.1, -0.05) is 46.0 Å². The Hall–Kier alpha value is -0.720. The average molecular weight is 207 g/mol. The highest BCUT2D eigenvalue weighted by atomic mass is 14.6. The van der Waals surface area contributed by atoms with E-state index in [9.17, 15) is 0 Å². The minimum atomic E-state index is 1.23. The highest BCUT2D eigenvalue weighted by Crippen LogP contribution is 2.14. The van der Waals surface area contributed by atoms with E-state index in [1.165, 1.54) is 56.9 Å². The molecule has 1 heterocycles. The van der Waals surface area contributed by atoms with E-state index in [2.05, 4.69) is 31.2 Å². The molecule has 1 nitrogen and oxygen atoms in total. The Morgan fingerprint density at radius 1 is 0.800 bits per heavy atom. The zero-order valence-corrected chi connectivity index (χ0v) is 10.3. The highest BCUT2D eigenvalue weighted by molar-refractivity contribution is 5.23. The van der Waals surface area contributed by atoms with Gasteiger partial charge in [-0.15, -0.1) is 0 Å². The fraction of sp³-hybridized carbons (Fsp3) is 0.714. The molecule has 0 bridgehead atoms. The molecule has 0 aliphatic carbocycles. The molecule has 15 heavy (non-hydrogen) atoms. The second-order valence-corrected chi connectivity index (χ2v) is 4.42. The van der Waals surface area contributed by atoms with Crippen LogP contribution in [-0.2, 0) is 12.8 Å². The average Bonchev–Trinajstić information content (AvgIpc) is 2.66. The Labute approximate surface area is 94.3 Å². The van der Waals surface area contributed by atoms with Crippen molar-refractivity contribution in [3.8, 4) is 0 Å². The summed E-state index contributed by atoms with van der Waals surface area (Å²) in [5.74, 6) is 0. The van der Waals surface area contributed by atoms with Gasteiger partial charge in [-0.25, -0.2) is 0 Å². The van der Waals surface area contributed by atoms with Crippen LogP contribution < -0.4 is 0 Å². The fourth-order valence-corrected chi connectivity index (χ4v) is 2.08. The maximum atomic E-state index is 3.24. The molecule has 0 aliphatic heterocycles. The third-order valence-corrected chi connectivity index (χ3v) is 3.00. The lowest BCUT2D eigenvalue weighted by Crippen LogP contribution is -1.90. The molecule has 1 aromatic heterocycles. The first kappa shape index (κ1) is 12.4. The summed E-state index contributed by atoms with van der Waals surface area (Å²) in [6, 6.07) is 0. The van der Waals surface area contributed by atoms with Gasteiger partial charge in [0.25, 0.3) is 0 Å². The molecule has 0 aromatic carbocycles. The van der Waals surface area contributed by atoms with Crippen molar-refractivity contribution < 1.29 is 0 Å². The Kier molecular flexibility index (Phi) is 6.22. The molecule has 0 unspecified atom stereocenters. The summed E-state index contributed by atoms with van der Waals surface area (Å²) in [6.07, 6.45) is 15.0. The van der Waals surface area contributed by atoms with Crippen LogP contribution in [-0.4, -0.2) is 4.98 Å². The van der Waals surface area contributed by atoms with Gasteiger partial charge in [-0.05, 0) is 30.4 Å². The van der Waals surface area contributed by atoms with Crippen molar-refractivity contribution in [1.29, 1.82) is 0 Å². The number of aromatic nitrogens is 1. The van der Waals surface area contributed by atoms with Gasteiger partial charge in [0, 0.05) is 12.4 Å². The maximum Gasteiger partial charge on any atom is 0.00401 e. The molecule has 0 atom stereocenters. The second-order valence-electron chi connectivity index (χ2n) is 4.42. The normalized spacial score (nSPS) is 10.8. The van der Waals surface area contributed by atoms with Crippen LogP contribution in [0.3, 0.4) is 0 Å². The standard InChI is InChI=1S/C14H25N/c1-3-5-6-7-8-10-14-12-15-11-13(14)9-4-2/h11-12,15H,3-10H2,1-2H3. The Bertz CT molecular complexity index is 250. The molecule has 1 aromatic rings. The van der Waals surface area contributed by atoms with Crippen LogP contribution in [0, 0.1) is 0 Å². The third kappa shape index (κ3) is 4.55. The lowest BCUT2D eigenvalue weighted by atomic mass is 10.0. The minimum absolute atomic E-state index is 1.23. The number of rotatable bonds is 8. The van der Waals surface area contributed by atoms with Gasteiger partial charge in [-0.2, -0.15) is 0 Å². The smallest absolute Gasteiger partial charge is 0.00401 e. The van der Waals surface area contributed by atoms with E-state index >= 15 is 0 Å². The largest absolute Gasteiger partial charge is 0.367 e. The van der Waals surface area contributed by atoms with Crippen LogP contribution in [0.2, 0.25) is 0 Å². The predicted molar refractivity (Wildman–Crippen MR) is 67.3 cm³/mol. The van der Waals surface area contributed by atoms with Gasteiger partial charge in [0.15, 0.2) is 0 Å². The van der Waals surface area contributed by atoms with Crippen LogP contribution in [0.4, 0.5) is 0 Å². The van der Waals surface area contributed by atoms with Crippen molar-refractivity contribution in [2.75, 3.05) is 0 Å². The number of hydrogen-bond donors (Lipinski definition) is 1. The number of nitrogens with one attached hydrogen (secondary N) is 1. The Morgan fingerprint density at radius 2 is 1.47 bits per heavy atom. The summed E-state index contributed by atoms with van der Waals surface area (Å²) in [6.45, 7) is 4.52. The molecular weight excluding hydrogens is 182 g/mol. The van der Waals surface area contributed by atoms with Crippen LogP contribution in [0.5, 0.6) is 0 Å². The SMILES string of the molecule is CCCCCCCc1c[nH]cc1CCC. The van der Waals surface area contributed by atoms with E-state index in [1.54, 1.807) is 5.56 Å². The summed E-state index contributed by atoms with van der Waals surface area (Å²) in [4.78, 5) is 3.24. The van der Waals surface area contributed by atoms with Crippen LogP contribution in [0.25, 0.3) is 0 Å². The molecule has 86 valence electrons. The number of H-pyrrole nitrogens is 1. The van der Waals surface area contributed by atoms with E-state index in [1.807, 2.05) is 0 Å². The molecule has 0 fully saturated rings. The first-order chi connectivity index (χ1) is 7.38. The fourth-order valence-electron chi connectivity index (χ4n) is 2.08. The molecule has 1 N–H and O–H groups in total. The monoisotopic (exact) mass is 207 g/mol. The van der Waals surface area contributed by atoms with Gasteiger partial charge < -0.3 is 4.98 Å². The number of aryl methyl sites for hydroxylation is 2. The number of unbranched alkanes of at least 4 members (excludes halogenated alkanes) is 4. The van der Waals surface area contributed by atoms with Crippen molar-refractivity contribution in [3.63, 3.8) is 0 Å². The van der Waals surface area contributed by atoms with E-state index in [-0.39, 0.29) is 0 Å². The molecule has 0 saturated carbocycles. The lowest BCUT2D eigenvalue weighted by molar-refractivity contribution is 0.631. The lowest BCUT2D eigenvalue weighted by Gasteiger charge is -2.02. The van der Waals surface area contributed by atoms with Crippen molar-refractivity contribution >= 4 is 0 Å². The molecular formula is C14H25N. The molecule has 1 rings (SSSR count). The van der Waals surface area contributed by atoms with Crippen LogP contribution in [0.1, 0.15) is 63.5 Å². The minimum Gasteiger partial charge on any atom is -0.367 e. The molecule has 0 aliphatic rings. The zero-order chi connectivity index (χ0) is 10.9. The first-order valence-corrected chi connectivity index (χ1v) is 6.53.